The second-order valence-electron chi connectivity index (χ2n) is 14.1. The van der Waals surface area contributed by atoms with Gasteiger partial charge in [-0.15, -0.1) is 0 Å². The maximum atomic E-state index is 6.90. The Kier molecular flexibility index (Phi) is 7.17. The van der Waals surface area contributed by atoms with Gasteiger partial charge in [-0.25, -0.2) is 0 Å². The highest BCUT2D eigenvalue weighted by Crippen LogP contribution is 2.47. The Bertz CT molecular complexity index is 3170. The van der Waals surface area contributed by atoms with E-state index in [0.29, 0.717) is 0 Å². The summed E-state index contributed by atoms with van der Waals surface area (Å²) in [4.78, 5) is 2.36. The Balaban J connectivity index is 1.13. The van der Waals surface area contributed by atoms with E-state index in [1.807, 2.05) is 12.1 Å². The fourth-order valence-corrected chi connectivity index (χ4v) is 8.24. The van der Waals surface area contributed by atoms with Gasteiger partial charge in [0.15, 0.2) is 0 Å². The Labute approximate surface area is 317 Å². The van der Waals surface area contributed by atoms with Gasteiger partial charge >= 0.3 is 0 Å². The minimum atomic E-state index is 0.829. The summed E-state index contributed by atoms with van der Waals surface area (Å²) in [6.07, 6.45) is 0. The van der Waals surface area contributed by atoms with Gasteiger partial charge in [0.05, 0.1) is 5.69 Å². The molecule has 0 N–H and O–H groups in total. The van der Waals surface area contributed by atoms with Crippen molar-refractivity contribution in [2.75, 3.05) is 4.90 Å². The average Bonchev–Trinajstić information content (AvgIpc) is 3.82. The number of benzene rings is 9. The maximum Gasteiger partial charge on any atom is 0.144 e. The van der Waals surface area contributed by atoms with Crippen LogP contribution in [0, 0.1) is 0 Å². The van der Waals surface area contributed by atoms with E-state index in [0.717, 1.165) is 72.1 Å². The molecule has 11 aromatic rings. The van der Waals surface area contributed by atoms with Crippen LogP contribution in [0.2, 0.25) is 0 Å². The van der Waals surface area contributed by atoms with Crippen LogP contribution in [-0.2, 0) is 0 Å². The summed E-state index contributed by atoms with van der Waals surface area (Å²) in [5, 5.41) is 6.55. The van der Waals surface area contributed by atoms with E-state index in [2.05, 4.69) is 193 Å². The molecular formula is C52H33NO2. The zero-order valence-electron chi connectivity index (χ0n) is 29.8. The molecule has 3 heteroatoms. The van der Waals surface area contributed by atoms with E-state index in [1.165, 1.54) is 33.0 Å². The van der Waals surface area contributed by atoms with Crippen LogP contribution in [0.15, 0.2) is 209 Å². The molecule has 0 radical (unpaired) electrons. The van der Waals surface area contributed by atoms with Gasteiger partial charge in [0.2, 0.25) is 0 Å². The van der Waals surface area contributed by atoms with Gasteiger partial charge in [0, 0.05) is 43.9 Å². The number of nitrogens with zero attached hydrogens (tertiary/aromatic N) is 1. The zero-order chi connectivity index (χ0) is 36.3. The number of hydrogen-bond donors (Lipinski definition) is 0. The lowest BCUT2D eigenvalue weighted by Gasteiger charge is -2.27. The summed E-state index contributed by atoms with van der Waals surface area (Å²) < 4.78 is 13.5. The van der Waals surface area contributed by atoms with E-state index < -0.39 is 0 Å². The van der Waals surface area contributed by atoms with Crippen molar-refractivity contribution < 1.29 is 8.83 Å². The molecular weight excluding hydrogens is 671 g/mol. The normalized spacial score (nSPS) is 11.6. The Hall–Kier alpha value is -7.36. The van der Waals surface area contributed by atoms with Crippen LogP contribution < -0.4 is 4.90 Å². The van der Waals surface area contributed by atoms with Crippen molar-refractivity contribution in [3.63, 3.8) is 0 Å². The summed E-state index contributed by atoms with van der Waals surface area (Å²) in [6.45, 7) is 0. The zero-order valence-corrected chi connectivity index (χ0v) is 29.8. The number of para-hydroxylation sites is 1. The molecule has 0 unspecified atom stereocenters. The number of fused-ring (bicyclic) bond motifs is 7. The van der Waals surface area contributed by atoms with Gasteiger partial charge in [-0.1, -0.05) is 152 Å². The maximum absolute atomic E-state index is 6.90. The Morgan fingerprint density at radius 3 is 1.64 bits per heavy atom. The molecule has 0 amide bonds. The van der Waals surface area contributed by atoms with Gasteiger partial charge in [-0.05, 0) is 81.7 Å². The standard InChI is InChI=1S/C52H33NO2/c1-3-12-34(13-4-1)36-22-24-39(25-23-36)50-51-43-19-9-10-21-47(43)54-49(51)33-45-44-32-41(30-31-48(44)55-52(45)50)53(46-20-11-17-38-16-7-8-18-42(38)46)40-28-26-37(27-29-40)35-14-5-2-6-15-35/h1-33H. The molecule has 2 heterocycles. The molecule has 11 rings (SSSR count). The topological polar surface area (TPSA) is 29.5 Å². The third-order valence-corrected chi connectivity index (χ3v) is 10.9. The predicted molar refractivity (Wildman–Crippen MR) is 229 cm³/mol. The molecule has 0 fully saturated rings. The van der Waals surface area contributed by atoms with Crippen LogP contribution in [0.25, 0.3) is 88.0 Å². The Morgan fingerprint density at radius 1 is 0.327 bits per heavy atom. The molecule has 0 aliphatic carbocycles. The first-order valence-corrected chi connectivity index (χ1v) is 18.7. The van der Waals surface area contributed by atoms with Crippen LogP contribution in [0.5, 0.6) is 0 Å². The van der Waals surface area contributed by atoms with Crippen LogP contribution >= 0.6 is 0 Å². The molecule has 55 heavy (non-hydrogen) atoms. The van der Waals surface area contributed by atoms with Gasteiger partial charge in [0.1, 0.15) is 22.3 Å². The fourth-order valence-electron chi connectivity index (χ4n) is 8.24. The van der Waals surface area contributed by atoms with Crippen molar-refractivity contribution in [2.45, 2.75) is 0 Å². The smallest absolute Gasteiger partial charge is 0.144 e. The lowest BCUT2D eigenvalue weighted by molar-refractivity contribution is 0.664. The lowest BCUT2D eigenvalue weighted by atomic mass is 9.95. The van der Waals surface area contributed by atoms with Crippen molar-refractivity contribution in [1.29, 1.82) is 0 Å². The summed E-state index contributed by atoms with van der Waals surface area (Å²) in [7, 11) is 0. The second kappa shape index (κ2) is 12.6. The third-order valence-electron chi connectivity index (χ3n) is 10.9. The molecule has 9 aromatic carbocycles. The summed E-state index contributed by atoms with van der Waals surface area (Å²) in [5.74, 6) is 0. The molecule has 0 bridgehead atoms. The molecule has 0 spiro atoms. The van der Waals surface area contributed by atoms with Crippen LogP contribution in [0.1, 0.15) is 0 Å². The van der Waals surface area contributed by atoms with Gasteiger partial charge < -0.3 is 13.7 Å². The first kappa shape index (κ1) is 31.2. The fraction of sp³-hybridized carbons (Fsp3) is 0. The van der Waals surface area contributed by atoms with E-state index in [4.69, 9.17) is 8.83 Å². The average molecular weight is 704 g/mol. The third kappa shape index (κ3) is 5.20. The molecule has 0 saturated heterocycles. The van der Waals surface area contributed by atoms with Crippen molar-refractivity contribution in [3.8, 4) is 33.4 Å². The SMILES string of the molecule is c1ccc(-c2ccc(-c3c4oc5ccc(N(c6ccc(-c7ccccc7)cc6)c6cccc7ccccc67)cc5c4cc4oc5ccccc5c34)cc2)cc1. The van der Waals surface area contributed by atoms with Crippen LogP contribution in [-0.4, -0.2) is 0 Å². The van der Waals surface area contributed by atoms with Crippen LogP contribution in [0.3, 0.4) is 0 Å². The molecule has 0 aliphatic rings. The molecule has 0 saturated carbocycles. The second-order valence-corrected chi connectivity index (χ2v) is 14.1. The van der Waals surface area contributed by atoms with Crippen molar-refractivity contribution in [2.24, 2.45) is 0 Å². The largest absolute Gasteiger partial charge is 0.456 e. The van der Waals surface area contributed by atoms with Gasteiger partial charge in [0.25, 0.3) is 0 Å². The predicted octanol–water partition coefficient (Wildman–Crippen LogP) is 15.1. The molecule has 3 nitrogen and oxygen atoms in total. The summed E-state index contributed by atoms with van der Waals surface area (Å²) in [5.41, 5.74) is 13.4. The first-order chi connectivity index (χ1) is 27.3. The molecule has 0 atom stereocenters. The van der Waals surface area contributed by atoms with E-state index in [9.17, 15) is 0 Å². The Morgan fingerprint density at radius 2 is 0.891 bits per heavy atom. The number of hydrogen-bond acceptors (Lipinski definition) is 3. The minimum absolute atomic E-state index is 0.829. The summed E-state index contributed by atoms with van der Waals surface area (Å²) >= 11 is 0. The van der Waals surface area contributed by atoms with Crippen molar-refractivity contribution in [3.05, 3.63) is 200 Å². The van der Waals surface area contributed by atoms with Crippen molar-refractivity contribution in [1.82, 2.24) is 0 Å². The van der Waals surface area contributed by atoms with Crippen molar-refractivity contribution >= 4 is 71.7 Å². The molecule has 0 aliphatic heterocycles. The van der Waals surface area contributed by atoms with E-state index in [1.54, 1.807) is 0 Å². The number of anilines is 3. The highest BCUT2D eigenvalue weighted by atomic mass is 16.3. The molecule has 258 valence electrons. The van der Waals surface area contributed by atoms with Gasteiger partial charge in [-0.2, -0.15) is 0 Å². The highest BCUT2D eigenvalue weighted by Gasteiger charge is 2.23. The number of rotatable bonds is 6. The van der Waals surface area contributed by atoms with E-state index >= 15 is 0 Å². The summed E-state index contributed by atoms with van der Waals surface area (Å²) in [6, 6.07) is 70.8. The lowest BCUT2D eigenvalue weighted by Crippen LogP contribution is -2.10. The monoisotopic (exact) mass is 703 g/mol. The molecule has 2 aromatic heterocycles. The highest BCUT2D eigenvalue weighted by molar-refractivity contribution is 6.23. The van der Waals surface area contributed by atoms with Gasteiger partial charge in [-0.3, -0.25) is 0 Å². The number of furan rings is 2. The minimum Gasteiger partial charge on any atom is -0.456 e. The first-order valence-electron chi connectivity index (χ1n) is 18.7. The quantitative estimate of drug-likeness (QED) is 0.173. The van der Waals surface area contributed by atoms with Crippen LogP contribution in [0.4, 0.5) is 17.1 Å². The van der Waals surface area contributed by atoms with E-state index in [-0.39, 0.29) is 0 Å².